The summed E-state index contributed by atoms with van der Waals surface area (Å²) in [5.74, 6) is -0.410. The molecule has 1 aliphatic rings. The van der Waals surface area contributed by atoms with Crippen LogP contribution in [0.15, 0.2) is 108 Å². The number of sulfonamides is 1. The van der Waals surface area contributed by atoms with Gasteiger partial charge in [-0.2, -0.15) is 4.31 Å². The lowest BCUT2D eigenvalue weighted by molar-refractivity contribution is -0.128. The number of aryl methyl sites for hydroxylation is 2. The number of nitrogens with one attached hydrogen (secondary N) is 1. The minimum absolute atomic E-state index is 0.0116. The molecule has 1 N–H and O–H groups in total. The molecule has 9 heteroatoms. The molecular formula is C34H35N3O5S. The Morgan fingerprint density at radius 3 is 2.26 bits per heavy atom. The largest absolute Gasteiger partial charge is 0.477 e. The Bertz CT molecular complexity index is 1690. The van der Waals surface area contributed by atoms with Gasteiger partial charge in [0.05, 0.1) is 23.7 Å². The van der Waals surface area contributed by atoms with E-state index in [9.17, 15) is 18.0 Å². The first kappa shape index (κ1) is 30.0. The minimum atomic E-state index is -4.06. The van der Waals surface area contributed by atoms with Crippen LogP contribution in [0, 0.1) is 13.8 Å². The van der Waals surface area contributed by atoms with Gasteiger partial charge in [-0.05, 0) is 60.7 Å². The molecule has 0 unspecified atom stereocenters. The Labute approximate surface area is 253 Å². The number of hydrogen-bond acceptors (Lipinski definition) is 5. The molecule has 1 heterocycles. The van der Waals surface area contributed by atoms with Gasteiger partial charge in [0.25, 0.3) is 5.91 Å². The number of hydrogen-bond donors (Lipinski definition) is 1. The van der Waals surface area contributed by atoms with E-state index in [-0.39, 0.29) is 23.9 Å². The first-order valence-corrected chi connectivity index (χ1v) is 15.7. The fourth-order valence-electron chi connectivity index (χ4n) is 5.07. The molecule has 5 rings (SSSR count). The molecule has 1 atom stereocenters. The van der Waals surface area contributed by atoms with Crippen LogP contribution < -0.4 is 15.0 Å². The lowest BCUT2D eigenvalue weighted by Crippen LogP contribution is -2.53. The van der Waals surface area contributed by atoms with Crippen molar-refractivity contribution < 1.29 is 22.7 Å². The van der Waals surface area contributed by atoms with Gasteiger partial charge in [-0.25, -0.2) is 8.42 Å². The predicted octanol–water partition coefficient (Wildman–Crippen LogP) is 4.65. The summed E-state index contributed by atoms with van der Waals surface area (Å²) >= 11 is 0. The number of anilines is 1. The van der Waals surface area contributed by atoms with Crippen molar-refractivity contribution in [2.45, 2.75) is 37.8 Å². The molecule has 2 amide bonds. The Kier molecular flexibility index (Phi) is 9.23. The average molecular weight is 598 g/mol. The molecule has 0 spiro atoms. The van der Waals surface area contributed by atoms with Crippen LogP contribution in [0.5, 0.6) is 5.75 Å². The van der Waals surface area contributed by atoms with E-state index >= 15 is 0 Å². The zero-order valence-electron chi connectivity index (χ0n) is 24.3. The van der Waals surface area contributed by atoms with Gasteiger partial charge >= 0.3 is 0 Å². The van der Waals surface area contributed by atoms with Crippen LogP contribution in [-0.4, -0.2) is 50.3 Å². The molecule has 0 aromatic heterocycles. The highest BCUT2D eigenvalue weighted by atomic mass is 32.2. The fourth-order valence-corrected chi connectivity index (χ4v) is 6.76. The summed E-state index contributed by atoms with van der Waals surface area (Å²) in [5, 5.41) is 2.91. The molecule has 0 fully saturated rings. The normalized spacial score (nSPS) is 14.6. The summed E-state index contributed by atoms with van der Waals surface area (Å²) in [4.78, 5) is 28.8. The quantitative estimate of drug-likeness (QED) is 0.287. The highest BCUT2D eigenvalue weighted by Crippen LogP contribution is 2.34. The third-order valence-corrected chi connectivity index (χ3v) is 9.33. The third-order valence-electron chi connectivity index (χ3n) is 7.40. The third kappa shape index (κ3) is 7.13. The van der Waals surface area contributed by atoms with Gasteiger partial charge in [0.15, 0.2) is 6.10 Å². The Balaban J connectivity index is 1.39. The summed E-state index contributed by atoms with van der Waals surface area (Å²) in [7, 11) is -4.06. The number of amides is 2. The average Bonchev–Trinajstić information content (AvgIpc) is 3.02. The first-order chi connectivity index (χ1) is 20.7. The number of carbonyl (C=O) groups is 2. The van der Waals surface area contributed by atoms with E-state index < -0.39 is 28.6 Å². The van der Waals surface area contributed by atoms with E-state index in [1.54, 1.807) is 43.3 Å². The summed E-state index contributed by atoms with van der Waals surface area (Å²) in [6, 6.07) is 31.2. The van der Waals surface area contributed by atoms with E-state index in [2.05, 4.69) is 5.32 Å². The van der Waals surface area contributed by atoms with Gasteiger partial charge in [0.2, 0.25) is 15.9 Å². The van der Waals surface area contributed by atoms with E-state index in [0.717, 1.165) is 16.7 Å². The standard InChI is InChI=1S/C34H35N3O5S/c1-25-17-18-26(2)32(21-25)43(40,41)36(22-28-13-7-4-8-14-28)24-33(38)37-23-31(42-30-16-10-9-15-29(30)37)34(39)35-20-19-27-11-5-3-6-12-27/h3-18,21,31H,19-20,22-24H2,1-2H3,(H,35,39)/t31-/m1/s1. The molecule has 1 aliphatic heterocycles. The van der Waals surface area contributed by atoms with E-state index in [1.165, 1.54) is 9.21 Å². The number of nitrogens with zero attached hydrogens (tertiary/aromatic N) is 2. The summed E-state index contributed by atoms with van der Waals surface area (Å²) in [5.41, 5.74) is 3.74. The number of para-hydroxylation sites is 2. The number of ether oxygens (including phenoxy) is 1. The number of benzene rings is 4. The summed E-state index contributed by atoms with van der Waals surface area (Å²) in [6.07, 6.45) is -0.295. The van der Waals surface area contributed by atoms with Gasteiger partial charge in [-0.1, -0.05) is 84.9 Å². The van der Waals surface area contributed by atoms with Crippen LogP contribution in [0.4, 0.5) is 5.69 Å². The minimum Gasteiger partial charge on any atom is -0.477 e. The Morgan fingerprint density at radius 1 is 0.884 bits per heavy atom. The van der Waals surface area contributed by atoms with Crippen LogP contribution >= 0.6 is 0 Å². The molecule has 0 saturated carbocycles. The Hall–Kier alpha value is -4.47. The SMILES string of the molecule is Cc1ccc(C)c(S(=O)(=O)N(CC(=O)N2C[C@H](C(=O)NCCc3ccccc3)Oc3ccccc32)Cc2ccccc2)c1. The molecule has 8 nitrogen and oxygen atoms in total. The van der Waals surface area contributed by atoms with Gasteiger partial charge in [-0.3, -0.25) is 9.59 Å². The molecular weight excluding hydrogens is 562 g/mol. The second-order valence-corrected chi connectivity index (χ2v) is 12.5. The van der Waals surface area contributed by atoms with Crippen LogP contribution in [0.25, 0.3) is 0 Å². The number of fused-ring (bicyclic) bond motifs is 1. The monoisotopic (exact) mass is 597 g/mol. The van der Waals surface area contributed by atoms with Crippen molar-refractivity contribution in [3.05, 3.63) is 125 Å². The van der Waals surface area contributed by atoms with Crippen LogP contribution in [0.2, 0.25) is 0 Å². The van der Waals surface area contributed by atoms with E-state index in [4.69, 9.17) is 4.74 Å². The molecule has 4 aromatic carbocycles. The molecule has 0 bridgehead atoms. The maximum absolute atomic E-state index is 14.0. The van der Waals surface area contributed by atoms with Crippen molar-refractivity contribution in [2.24, 2.45) is 0 Å². The van der Waals surface area contributed by atoms with Crippen molar-refractivity contribution >= 4 is 27.5 Å². The second-order valence-electron chi connectivity index (χ2n) is 10.6. The van der Waals surface area contributed by atoms with Gasteiger partial charge < -0.3 is 15.0 Å². The molecule has 0 saturated heterocycles. The topological polar surface area (TPSA) is 96.0 Å². The molecule has 222 valence electrons. The molecule has 0 radical (unpaired) electrons. The van der Waals surface area contributed by atoms with Crippen molar-refractivity contribution in [3.8, 4) is 5.75 Å². The number of rotatable bonds is 10. The number of carbonyl (C=O) groups excluding carboxylic acids is 2. The van der Waals surface area contributed by atoms with Crippen LogP contribution in [-0.2, 0) is 32.6 Å². The summed E-state index contributed by atoms with van der Waals surface area (Å²) in [6.45, 7) is 3.54. The smallest absolute Gasteiger partial charge is 0.262 e. The summed E-state index contributed by atoms with van der Waals surface area (Å²) < 4.78 is 35.3. The van der Waals surface area contributed by atoms with Gasteiger partial charge in [-0.15, -0.1) is 0 Å². The van der Waals surface area contributed by atoms with Crippen molar-refractivity contribution in [1.29, 1.82) is 0 Å². The van der Waals surface area contributed by atoms with E-state index in [0.29, 0.717) is 30.0 Å². The van der Waals surface area contributed by atoms with Crippen molar-refractivity contribution in [3.63, 3.8) is 0 Å². The molecule has 43 heavy (non-hydrogen) atoms. The van der Waals surface area contributed by atoms with Crippen molar-refractivity contribution in [1.82, 2.24) is 9.62 Å². The lowest BCUT2D eigenvalue weighted by Gasteiger charge is -2.35. The van der Waals surface area contributed by atoms with Gasteiger partial charge in [0, 0.05) is 13.1 Å². The highest BCUT2D eigenvalue weighted by Gasteiger charge is 2.36. The zero-order chi connectivity index (χ0) is 30.4. The van der Waals surface area contributed by atoms with E-state index in [1.807, 2.05) is 73.7 Å². The van der Waals surface area contributed by atoms with Crippen LogP contribution in [0.3, 0.4) is 0 Å². The molecule has 0 aliphatic carbocycles. The maximum Gasteiger partial charge on any atom is 0.262 e. The maximum atomic E-state index is 14.0. The molecule has 4 aromatic rings. The predicted molar refractivity (Wildman–Crippen MR) is 166 cm³/mol. The van der Waals surface area contributed by atoms with Gasteiger partial charge in [0.1, 0.15) is 5.75 Å². The Morgan fingerprint density at radius 2 is 1.53 bits per heavy atom. The lowest BCUT2D eigenvalue weighted by atomic mass is 10.1. The first-order valence-electron chi connectivity index (χ1n) is 14.2. The zero-order valence-corrected chi connectivity index (χ0v) is 25.1. The fraction of sp³-hybridized carbons (Fsp3) is 0.235. The van der Waals surface area contributed by atoms with Crippen molar-refractivity contribution in [2.75, 3.05) is 24.5 Å². The second kappa shape index (κ2) is 13.2. The van der Waals surface area contributed by atoms with Crippen LogP contribution in [0.1, 0.15) is 22.3 Å². The highest BCUT2D eigenvalue weighted by molar-refractivity contribution is 7.89.